The lowest BCUT2D eigenvalue weighted by Gasteiger charge is -2.37. The summed E-state index contributed by atoms with van der Waals surface area (Å²) in [6.07, 6.45) is -0.832. The van der Waals surface area contributed by atoms with E-state index in [0.29, 0.717) is 39.9 Å². The second-order valence-corrected chi connectivity index (χ2v) is 18.1. The average Bonchev–Trinajstić information content (AvgIpc) is 3.42. The van der Waals surface area contributed by atoms with E-state index >= 15 is 0 Å². The smallest absolute Gasteiger partial charge is 0.250 e. The Kier molecular flexibility index (Phi) is 8.84. The van der Waals surface area contributed by atoms with E-state index in [4.69, 9.17) is 28.2 Å². The van der Waals surface area contributed by atoms with Gasteiger partial charge in [-0.25, -0.2) is 8.42 Å². The number of rotatable bonds is 9. The fourth-order valence-corrected chi connectivity index (χ4v) is 7.03. The molecule has 3 aromatic carbocycles. The van der Waals surface area contributed by atoms with Crippen molar-refractivity contribution in [1.29, 1.82) is 0 Å². The monoisotopic (exact) mass is 613 g/mol. The highest BCUT2D eigenvalue weighted by molar-refractivity contribution is 8.06. The maximum absolute atomic E-state index is 14.0. The Hall–Kier alpha value is -3.70. The van der Waals surface area contributed by atoms with Crippen molar-refractivity contribution in [3.05, 3.63) is 71.8 Å². The largest absolute Gasteiger partial charge is 0.541 e. The minimum absolute atomic E-state index is 0.0769. The third-order valence-electron chi connectivity index (χ3n) is 7.89. The molecule has 0 bridgehead atoms. The van der Waals surface area contributed by atoms with Crippen LogP contribution in [0.1, 0.15) is 43.9 Å². The average molecular weight is 614 g/mol. The van der Waals surface area contributed by atoms with Crippen molar-refractivity contribution in [2.45, 2.75) is 55.8 Å². The molecule has 1 heterocycles. The molecule has 0 saturated heterocycles. The fourth-order valence-electron chi connectivity index (χ4n) is 4.52. The number of ether oxygens (including phenoxy) is 4. The standard InChI is InChI=1S/C31H39NO8SSi/c1-31(2,3)42(8,9)40-24-17-20(15-16-23(24)35-4)27-28(21-18-25(36-5)29(38-7)26(19-21)37-6)39-32-30(27)41(33,34)22-13-11-10-12-14-22/h10-19,27-28H,1-9H3/t27-,28-/m1/s1. The van der Waals surface area contributed by atoms with Crippen molar-refractivity contribution in [3.8, 4) is 28.7 Å². The Labute approximate surface area is 249 Å². The zero-order valence-corrected chi connectivity index (χ0v) is 27.4. The third-order valence-corrected chi connectivity index (χ3v) is 14.0. The van der Waals surface area contributed by atoms with Crippen molar-refractivity contribution in [3.63, 3.8) is 0 Å². The van der Waals surface area contributed by atoms with Crippen LogP contribution in [0.4, 0.5) is 0 Å². The van der Waals surface area contributed by atoms with Crippen LogP contribution in [0.15, 0.2) is 70.7 Å². The SMILES string of the molecule is COc1ccc([C@H]2C(S(=O)(=O)c3ccccc3)=NO[C@@H]2c2cc(OC)c(OC)c(OC)c2)cc1O[Si](C)(C)C(C)(C)C. The van der Waals surface area contributed by atoms with E-state index in [2.05, 4.69) is 39.0 Å². The summed E-state index contributed by atoms with van der Waals surface area (Å²) in [7, 11) is -0.185. The highest BCUT2D eigenvalue weighted by atomic mass is 32.2. The van der Waals surface area contributed by atoms with Crippen LogP contribution in [-0.4, -0.2) is 50.2 Å². The molecule has 0 radical (unpaired) electrons. The number of methoxy groups -OCH3 is 4. The molecule has 9 nitrogen and oxygen atoms in total. The van der Waals surface area contributed by atoms with Gasteiger partial charge < -0.3 is 28.2 Å². The predicted octanol–water partition coefficient (Wildman–Crippen LogP) is 6.75. The summed E-state index contributed by atoms with van der Waals surface area (Å²) in [6.45, 7) is 10.7. The number of oxime groups is 1. The lowest BCUT2D eigenvalue weighted by Crippen LogP contribution is -2.44. The lowest BCUT2D eigenvalue weighted by molar-refractivity contribution is 0.0758. The van der Waals surface area contributed by atoms with Crippen LogP contribution in [0.25, 0.3) is 0 Å². The molecule has 0 unspecified atom stereocenters. The van der Waals surface area contributed by atoms with E-state index in [9.17, 15) is 8.42 Å². The summed E-state index contributed by atoms with van der Waals surface area (Å²) in [5.74, 6) is 1.48. The van der Waals surface area contributed by atoms with E-state index in [1.807, 2.05) is 12.1 Å². The fraction of sp³-hybridized carbons (Fsp3) is 0.387. The van der Waals surface area contributed by atoms with Gasteiger partial charge in [-0.2, -0.15) is 0 Å². The van der Waals surface area contributed by atoms with Gasteiger partial charge in [0, 0.05) is 5.56 Å². The summed E-state index contributed by atoms with van der Waals surface area (Å²) in [5.41, 5.74) is 1.23. The number of benzene rings is 3. The molecule has 3 aromatic rings. The highest BCUT2D eigenvalue weighted by Gasteiger charge is 2.45. The van der Waals surface area contributed by atoms with Crippen molar-refractivity contribution < 1.29 is 36.6 Å². The predicted molar refractivity (Wildman–Crippen MR) is 165 cm³/mol. The van der Waals surface area contributed by atoms with Crippen LogP contribution in [-0.2, 0) is 14.7 Å². The van der Waals surface area contributed by atoms with Crippen LogP contribution >= 0.6 is 0 Å². The van der Waals surface area contributed by atoms with Gasteiger partial charge in [0.25, 0.3) is 8.32 Å². The number of hydrogen-bond donors (Lipinski definition) is 0. The van der Waals surface area contributed by atoms with Crippen molar-refractivity contribution in [1.82, 2.24) is 0 Å². The molecule has 11 heteroatoms. The van der Waals surface area contributed by atoms with Gasteiger partial charge in [0.15, 0.2) is 28.4 Å². The maximum Gasteiger partial charge on any atom is 0.250 e. The molecule has 226 valence electrons. The second kappa shape index (κ2) is 11.9. The van der Waals surface area contributed by atoms with E-state index in [0.717, 1.165) is 0 Å². The molecule has 0 aliphatic carbocycles. The lowest BCUT2D eigenvalue weighted by atomic mass is 9.89. The summed E-state index contributed by atoms with van der Waals surface area (Å²) < 4.78 is 56.9. The van der Waals surface area contributed by atoms with Crippen LogP contribution in [0.2, 0.25) is 18.1 Å². The second-order valence-electron chi connectivity index (χ2n) is 11.5. The first-order valence-corrected chi connectivity index (χ1v) is 17.9. The summed E-state index contributed by atoms with van der Waals surface area (Å²) >= 11 is 0. The molecule has 4 rings (SSSR count). The summed E-state index contributed by atoms with van der Waals surface area (Å²) in [5, 5.41) is 4.00. The van der Waals surface area contributed by atoms with Crippen molar-refractivity contribution >= 4 is 23.2 Å². The van der Waals surface area contributed by atoms with Crippen LogP contribution in [0, 0.1) is 0 Å². The van der Waals surface area contributed by atoms with Gasteiger partial charge in [0.2, 0.25) is 15.6 Å². The minimum Gasteiger partial charge on any atom is -0.541 e. The van der Waals surface area contributed by atoms with Crippen LogP contribution < -0.4 is 23.4 Å². The topological polar surface area (TPSA) is 102 Å². The van der Waals surface area contributed by atoms with Crippen LogP contribution in [0.5, 0.6) is 28.7 Å². The zero-order valence-electron chi connectivity index (χ0n) is 25.5. The van der Waals surface area contributed by atoms with Gasteiger partial charge in [0.1, 0.15) is 5.75 Å². The molecular formula is C31H39NO8SSi. The first-order valence-electron chi connectivity index (χ1n) is 13.5. The first kappa shape index (κ1) is 31.2. The molecule has 1 aliphatic rings. The number of nitrogens with zero attached hydrogens (tertiary/aromatic N) is 1. The summed E-state index contributed by atoms with van der Waals surface area (Å²) in [6, 6.07) is 17.1. The van der Waals surface area contributed by atoms with Crippen molar-refractivity contribution in [2.75, 3.05) is 28.4 Å². The van der Waals surface area contributed by atoms with E-state index < -0.39 is 30.2 Å². The quantitative estimate of drug-likeness (QED) is 0.244. The van der Waals surface area contributed by atoms with Gasteiger partial charge in [-0.3, -0.25) is 0 Å². The van der Waals surface area contributed by atoms with E-state index in [1.165, 1.54) is 21.3 Å². The molecule has 0 fully saturated rings. The molecule has 0 saturated carbocycles. The summed E-state index contributed by atoms with van der Waals surface area (Å²) in [4.78, 5) is 6.06. The van der Waals surface area contributed by atoms with Gasteiger partial charge in [-0.1, -0.05) is 50.2 Å². The number of sulfone groups is 1. The van der Waals surface area contributed by atoms with Crippen LogP contribution in [0.3, 0.4) is 0 Å². The molecule has 0 aromatic heterocycles. The molecule has 0 spiro atoms. The molecule has 0 amide bonds. The van der Waals surface area contributed by atoms with Gasteiger partial charge in [-0.05, 0) is 60.1 Å². The molecule has 42 heavy (non-hydrogen) atoms. The maximum atomic E-state index is 14.0. The zero-order chi connectivity index (χ0) is 30.9. The highest BCUT2D eigenvalue weighted by Crippen LogP contribution is 2.49. The van der Waals surface area contributed by atoms with Gasteiger partial charge in [-0.15, -0.1) is 0 Å². The van der Waals surface area contributed by atoms with E-state index in [1.54, 1.807) is 55.6 Å². The Morgan fingerprint density at radius 2 is 1.33 bits per heavy atom. The first-order chi connectivity index (χ1) is 19.8. The van der Waals surface area contributed by atoms with Crippen molar-refractivity contribution in [2.24, 2.45) is 5.16 Å². The number of hydrogen-bond acceptors (Lipinski definition) is 9. The Morgan fingerprint density at radius 1 is 0.762 bits per heavy atom. The van der Waals surface area contributed by atoms with Gasteiger partial charge in [0.05, 0.1) is 39.3 Å². The molecule has 0 N–H and O–H groups in total. The molecule has 1 aliphatic heterocycles. The molecular weight excluding hydrogens is 574 g/mol. The molecule has 2 atom stereocenters. The van der Waals surface area contributed by atoms with E-state index in [-0.39, 0.29) is 15.0 Å². The minimum atomic E-state index is -4.03. The third kappa shape index (κ3) is 5.80. The normalized spacial score (nSPS) is 17.2. The van der Waals surface area contributed by atoms with Gasteiger partial charge >= 0.3 is 0 Å². The Morgan fingerprint density at radius 3 is 1.86 bits per heavy atom. The Bertz CT molecular complexity index is 1540. The Balaban J connectivity index is 1.91.